The number of nitrogens with one attached hydrogen (secondary N) is 1. The Kier molecular flexibility index (Phi) is 4.55. The zero-order chi connectivity index (χ0) is 15.4. The summed E-state index contributed by atoms with van der Waals surface area (Å²) in [5.41, 5.74) is 1.43. The Labute approximate surface area is 126 Å². The van der Waals surface area contributed by atoms with Crippen LogP contribution in [0.3, 0.4) is 0 Å². The fourth-order valence-electron chi connectivity index (χ4n) is 1.84. The highest BCUT2D eigenvalue weighted by molar-refractivity contribution is 6.31. The SMILES string of the molecule is COC(=O)c1cc(Cl)ccc1NCc1ccc(O)cc1O. The number of benzene rings is 2. The van der Waals surface area contributed by atoms with E-state index in [-0.39, 0.29) is 18.0 Å². The first kappa shape index (κ1) is 15.0. The summed E-state index contributed by atoms with van der Waals surface area (Å²) in [5.74, 6) is -0.552. The second-order valence-electron chi connectivity index (χ2n) is 4.35. The van der Waals surface area contributed by atoms with Crippen molar-refractivity contribution < 1.29 is 19.7 Å². The first-order chi connectivity index (χ1) is 10.0. The lowest BCUT2D eigenvalue weighted by Crippen LogP contribution is -2.08. The van der Waals surface area contributed by atoms with Gasteiger partial charge in [-0.05, 0) is 30.3 Å². The van der Waals surface area contributed by atoms with Gasteiger partial charge >= 0.3 is 5.97 Å². The molecule has 2 rings (SSSR count). The minimum absolute atomic E-state index is 0.0157. The van der Waals surface area contributed by atoms with Gasteiger partial charge in [-0.1, -0.05) is 11.6 Å². The topological polar surface area (TPSA) is 78.8 Å². The molecule has 0 spiro atoms. The van der Waals surface area contributed by atoms with Gasteiger partial charge in [0.1, 0.15) is 11.5 Å². The fraction of sp³-hybridized carbons (Fsp3) is 0.133. The Bertz CT molecular complexity index is 673. The number of rotatable bonds is 4. The van der Waals surface area contributed by atoms with Gasteiger partial charge in [0.15, 0.2) is 0 Å². The summed E-state index contributed by atoms with van der Waals surface area (Å²) in [6, 6.07) is 9.12. The Balaban J connectivity index is 2.21. The Morgan fingerprint density at radius 1 is 1.24 bits per heavy atom. The highest BCUT2D eigenvalue weighted by Gasteiger charge is 2.13. The lowest BCUT2D eigenvalue weighted by molar-refractivity contribution is 0.0602. The van der Waals surface area contributed by atoms with E-state index in [4.69, 9.17) is 16.3 Å². The van der Waals surface area contributed by atoms with Crippen molar-refractivity contribution >= 4 is 23.3 Å². The molecule has 21 heavy (non-hydrogen) atoms. The third kappa shape index (κ3) is 3.58. The molecule has 0 heterocycles. The molecule has 0 aliphatic carbocycles. The number of methoxy groups -OCH3 is 1. The van der Waals surface area contributed by atoms with Crippen molar-refractivity contribution in [3.8, 4) is 11.5 Å². The number of esters is 1. The minimum atomic E-state index is -0.505. The van der Waals surface area contributed by atoms with E-state index in [1.807, 2.05) is 0 Å². The van der Waals surface area contributed by atoms with Gasteiger partial charge in [-0.3, -0.25) is 0 Å². The summed E-state index contributed by atoms with van der Waals surface area (Å²) in [5, 5.41) is 22.4. The van der Waals surface area contributed by atoms with Crippen LogP contribution in [-0.2, 0) is 11.3 Å². The first-order valence-corrected chi connectivity index (χ1v) is 6.51. The summed E-state index contributed by atoms with van der Waals surface area (Å²) in [4.78, 5) is 11.7. The van der Waals surface area contributed by atoms with Crippen LogP contribution < -0.4 is 5.32 Å². The summed E-state index contributed by atoms with van der Waals surface area (Å²) in [6.45, 7) is 0.276. The van der Waals surface area contributed by atoms with Crippen molar-refractivity contribution in [2.75, 3.05) is 12.4 Å². The van der Waals surface area contributed by atoms with Crippen molar-refractivity contribution in [2.24, 2.45) is 0 Å². The van der Waals surface area contributed by atoms with Gasteiger partial charge in [-0.25, -0.2) is 4.79 Å². The lowest BCUT2D eigenvalue weighted by Gasteiger charge is -2.12. The minimum Gasteiger partial charge on any atom is -0.508 e. The predicted molar refractivity (Wildman–Crippen MR) is 79.9 cm³/mol. The van der Waals surface area contributed by atoms with E-state index < -0.39 is 5.97 Å². The maximum Gasteiger partial charge on any atom is 0.340 e. The normalized spacial score (nSPS) is 10.2. The van der Waals surface area contributed by atoms with Crippen LogP contribution in [-0.4, -0.2) is 23.3 Å². The van der Waals surface area contributed by atoms with Crippen LogP contribution in [0.2, 0.25) is 5.02 Å². The molecule has 2 aromatic carbocycles. The number of anilines is 1. The molecule has 110 valence electrons. The molecule has 3 N–H and O–H groups in total. The number of halogens is 1. The number of hydrogen-bond acceptors (Lipinski definition) is 5. The van der Waals surface area contributed by atoms with E-state index in [0.717, 1.165) is 0 Å². The molecular weight excluding hydrogens is 294 g/mol. The van der Waals surface area contributed by atoms with Crippen molar-refractivity contribution in [2.45, 2.75) is 6.54 Å². The van der Waals surface area contributed by atoms with Crippen LogP contribution in [0.15, 0.2) is 36.4 Å². The molecule has 0 atom stereocenters. The second-order valence-corrected chi connectivity index (χ2v) is 4.78. The maximum atomic E-state index is 11.7. The van der Waals surface area contributed by atoms with E-state index in [0.29, 0.717) is 21.8 Å². The second kappa shape index (κ2) is 6.37. The van der Waals surface area contributed by atoms with E-state index >= 15 is 0 Å². The Morgan fingerprint density at radius 3 is 2.67 bits per heavy atom. The van der Waals surface area contributed by atoms with Crippen LogP contribution in [0.4, 0.5) is 5.69 Å². The smallest absolute Gasteiger partial charge is 0.340 e. The molecule has 0 saturated heterocycles. The zero-order valence-corrected chi connectivity index (χ0v) is 12.0. The van der Waals surface area contributed by atoms with Gasteiger partial charge in [0.05, 0.1) is 12.7 Å². The standard InChI is InChI=1S/C15H14ClNO4/c1-21-15(20)12-6-10(16)3-5-13(12)17-8-9-2-4-11(18)7-14(9)19/h2-7,17-19H,8H2,1H3. The van der Waals surface area contributed by atoms with Crippen molar-refractivity contribution in [1.82, 2.24) is 0 Å². The molecule has 0 saturated carbocycles. The molecule has 5 nitrogen and oxygen atoms in total. The Morgan fingerprint density at radius 2 is 2.00 bits per heavy atom. The number of phenolic OH excluding ortho intramolecular Hbond substituents is 2. The van der Waals surface area contributed by atoms with Crippen molar-refractivity contribution in [1.29, 1.82) is 0 Å². The van der Waals surface area contributed by atoms with Gasteiger partial charge in [0.2, 0.25) is 0 Å². The third-order valence-corrected chi connectivity index (χ3v) is 3.16. The van der Waals surface area contributed by atoms with Crippen molar-refractivity contribution in [3.63, 3.8) is 0 Å². The number of carbonyl (C=O) groups excluding carboxylic acids is 1. The largest absolute Gasteiger partial charge is 0.508 e. The molecule has 0 aliphatic rings. The molecule has 6 heteroatoms. The highest BCUT2D eigenvalue weighted by atomic mass is 35.5. The molecule has 0 radical (unpaired) electrons. The molecule has 2 aromatic rings. The average Bonchev–Trinajstić information content (AvgIpc) is 2.46. The van der Waals surface area contributed by atoms with E-state index in [1.54, 1.807) is 18.2 Å². The highest BCUT2D eigenvalue weighted by Crippen LogP contribution is 2.26. The van der Waals surface area contributed by atoms with Crippen LogP contribution in [0.5, 0.6) is 11.5 Å². The summed E-state index contributed by atoms with van der Waals surface area (Å²) >= 11 is 5.87. The van der Waals surface area contributed by atoms with Crippen molar-refractivity contribution in [3.05, 3.63) is 52.5 Å². The monoisotopic (exact) mass is 307 g/mol. The van der Waals surface area contributed by atoms with E-state index in [1.165, 1.54) is 25.3 Å². The van der Waals surface area contributed by atoms with Crippen LogP contribution in [0, 0.1) is 0 Å². The summed E-state index contributed by atoms with van der Waals surface area (Å²) < 4.78 is 4.70. The van der Waals surface area contributed by atoms with Gasteiger partial charge in [-0.2, -0.15) is 0 Å². The lowest BCUT2D eigenvalue weighted by atomic mass is 10.1. The van der Waals surface area contributed by atoms with Gasteiger partial charge in [0.25, 0.3) is 0 Å². The molecule has 0 bridgehead atoms. The average molecular weight is 308 g/mol. The Hall–Kier alpha value is -2.40. The van der Waals surface area contributed by atoms with Crippen LogP contribution in [0.25, 0.3) is 0 Å². The number of carbonyl (C=O) groups is 1. The molecular formula is C15H14ClNO4. The summed E-state index contributed by atoms with van der Waals surface area (Å²) in [6.07, 6.45) is 0. The summed E-state index contributed by atoms with van der Waals surface area (Å²) in [7, 11) is 1.29. The predicted octanol–water partition coefficient (Wildman–Crippen LogP) is 3.15. The first-order valence-electron chi connectivity index (χ1n) is 6.14. The molecule has 0 amide bonds. The quantitative estimate of drug-likeness (QED) is 0.756. The molecule has 0 aromatic heterocycles. The maximum absolute atomic E-state index is 11.7. The number of aromatic hydroxyl groups is 2. The van der Waals surface area contributed by atoms with Gasteiger partial charge < -0.3 is 20.3 Å². The number of ether oxygens (including phenoxy) is 1. The molecule has 0 fully saturated rings. The molecule has 0 unspecified atom stereocenters. The van der Waals surface area contributed by atoms with Crippen LogP contribution >= 0.6 is 11.6 Å². The van der Waals surface area contributed by atoms with E-state index in [2.05, 4.69) is 5.32 Å². The number of phenols is 2. The third-order valence-electron chi connectivity index (χ3n) is 2.93. The number of hydrogen-bond donors (Lipinski definition) is 3. The van der Waals surface area contributed by atoms with Crippen LogP contribution in [0.1, 0.15) is 15.9 Å². The molecule has 0 aliphatic heterocycles. The zero-order valence-electron chi connectivity index (χ0n) is 11.3. The van der Waals surface area contributed by atoms with Gasteiger partial charge in [0, 0.05) is 28.9 Å². The fourth-order valence-corrected chi connectivity index (χ4v) is 2.01. The van der Waals surface area contributed by atoms with E-state index in [9.17, 15) is 15.0 Å². The van der Waals surface area contributed by atoms with Gasteiger partial charge in [-0.15, -0.1) is 0 Å².